The second-order valence-electron chi connectivity index (χ2n) is 4.05. The number of benzene rings is 1. The number of ether oxygens (including phenoxy) is 1. The Morgan fingerprint density at radius 1 is 1.40 bits per heavy atom. The van der Waals surface area contributed by atoms with Crippen LogP contribution < -0.4 is 26.6 Å². The average Bonchev–Trinajstić information content (AvgIpc) is 2.43. The molecule has 2 aromatic rings. The molecule has 106 valence electrons. The molecule has 0 amide bonds. The number of anilines is 4. The van der Waals surface area contributed by atoms with E-state index in [4.69, 9.17) is 16.3 Å². The van der Waals surface area contributed by atoms with Gasteiger partial charge in [-0.25, -0.2) is 15.2 Å². The molecule has 20 heavy (non-hydrogen) atoms. The summed E-state index contributed by atoms with van der Waals surface area (Å²) >= 11 is 0. The highest BCUT2D eigenvalue weighted by atomic mass is 19.1. The summed E-state index contributed by atoms with van der Waals surface area (Å²) in [6.45, 7) is 0. The van der Waals surface area contributed by atoms with Crippen molar-refractivity contribution in [1.29, 1.82) is 0 Å². The summed E-state index contributed by atoms with van der Waals surface area (Å²) in [7, 11) is 3.24. The summed E-state index contributed by atoms with van der Waals surface area (Å²) in [6.07, 6.45) is 1.00. The fourth-order valence-corrected chi connectivity index (χ4v) is 1.61. The Kier molecular flexibility index (Phi) is 3.85. The number of aromatic nitrogens is 2. The predicted octanol–water partition coefficient (Wildman–Crippen LogP) is 1.26. The summed E-state index contributed by atoms with van der Waals surface area (Å²) < 4.78 is 18.2. The van der Waals surface area contributed by atoms with Crippen LogP contribution in [0, 0.1) is 5.82 Å². The largest absolute Gasteiger partial charge is 0.495 e. The summed E-state index contributed by atoms with van der Waals surface area (Å²) in [6, 6.07) is 5.25. The molecule has 0 fully saturated rings. The number of nitrogens with zero attached hydrogens (tertiary/aromatic N) is 3. The van der Waals surface area contributed by atoms with Crippen molar-refractivity contribution in [3.05, 3.63) is 30.2 Å². The zero-order chi connectivity index (χ0) is 14.7. The smallest absolute Gasteiger partial charge is 0.229 e. The Morgan fingerprint density at radius 2 is 2.15 bits per heavy atom. The van der Waals surface area contributed by atoms with Crippen LogP contribution in [0.25, 0.3) is 0 Å². The maximum absolute atomic E-state index is 13.0. The van der Waals surface area contributed by atoms with E-state index < -0.39 is 5.82 Å². The topological polar surface area (TPSA) is 102 Å². The van der Waals surface area contributed by atoms with Gasteiger partial charge in [-0.05, 0) is 18.2 Å². The van der Waals surface area contributed by atoms with Crippen molar-refractivity contribution in [2.24, 2.45) is 5.84 Å². The first-order valence-corrected chi connectivity index (χ1v) is 5.72. The highest BCUT2D eigenvalue weighted by molar-refractivity contribution is 5.67. The summed E-state index contributed by atoms with van der Waals surface area (Å²) in [5.74, 6) is 5.67. The second-order valence-corrected chi connectivity index (χ2v) is 4.05. The Labute approximate surface area is 115 Å². The second kappa shape index (κ2) is 5.57. The molecule has 8 heteroatoms. The van der Waals surface area contributed by atoms with Crippen molar-refractivity contribution in [3.8, 4) is 5.75 Å². The first kappa shape index (κ1) is 13.8. The normalized spacial score (nSPS) is 10.2. The van der Waals surface area contributed by atoms with Crippen molar-refractivity contribution < 1.29 is 9.13 Å². The Bertz CT molecular complexity index is 619. The number of nitrogen functional groups attached to an aromatic ring is 1. The lowest BCUT2D eigenvalue weighted by atomic mass is 10.2. The first-order valence-electron chi connectivity index (χ1n) is 5.72. The Balaban J connectivity index is 2.29. The summed E-state index contributed by atoms with van der Waals surface area (Å²) in [5, 5.41) is 4.33. The van der Waals surface area contributed by atoms with Crippen LogP contribution in [-0.4, -0.2) is 24.1 Å². The molecule has 0 unspecified atom stereocenters. The molecule has 1 heterocycles. The van der Waals surface area contributed by atoms with Crippen molar-refractivity contribution in [3.63, 3.8) is 0 Å². The monoisotopic (exact) mass is 278 g/mol. The maximum Gasteiger partial charge on any atom is 0.229 e. The standard InChI is InChI=1S/C12H15FN6O/c1-19(15)9-5-7(3-4-10(9)20-2)17-12-16-6-8(13)11(14)18-12/h3-6H,15H2,1-2H3,(H3,14,16,17,18). The van der Waals surface area contributed by atoms with E-state index in [1.54, 1.807) is 32.4 Å². The molecule has 0 spiro atoms. The lowest BCUT2D eigenvalue weighted by molar-refractivity contribution is 0.415. The molecule has 0 saturated carbocycles. The van der Waals surface area contributed by atoms with E-state index in [2.05, 4.69) is 15.3 Å². The molecule has 0 aliphatic rings. The quantitative estimate of drug-likeness (QED) is 0.571. The molecular weight excluding hydrogens is 263 g/mol. The van der Waals surface area contributed by atoms with Crippen LogP contribution in [0.3, 0.4) is 0 Å². The van der Waals surface area contributed by atoms with Crippen LogP contribution in [0.15, 0.2) is 24.4 Å². The van der Waals surface area contributed by atoms with Gasteiger partial charge in [0.25, 0.3) is 0 Å². The van der Waals surface area contributed by atoms with Crippen LogP contribution in [0.2, 0.25) is 0 Å². The molecule has 1 aromatic heterocycles. The van der Waals surface area contributed by atoms with Gasteiger partial charge in [0, 0.05) is 12.7 Å². The highest BCUT2D eigenvalue weighted by Gasteiger charge is 2.08. The Hall–Kier alpha value is -2.61. The number of hydrogen-bond donors (Lipinski definition) is 3. The van der Waals surface area contributed by atoms with Crippen LogP contribution >= 0.6 is 0 Å². The zero-order valence-electron chi connectivity index (χ0n) is 11.1. The highest BCUT2D eigenvalue weighted by Crippen LogP contribution is 2.30. The van der Waals surface area contributed by atoms with E-state index in [0.717, 1.165) is 6.20 Å². The molecule has 5 N–H and O–H groups in total. The third-order valence-electron chi connectivity index (χ3n) is 2.59. The lowest BCUT2D eigenvalue weighted by Gasteiger charge is -2.17. The molecule has 0 bridgehead atoms. The van der Waals surface area contributed by atoms with Crippen LogP contribution in [-0.2, 0) is 0 Å². The predicted molar refractivity (Wildman–Crippen MR) is 75.3 cm³/mol. The first-order chi connectivity index (χ1) is 9.51. The number of hydrogen-bond acceptors (Lipinski definition) is 7. The number of nitrogens with one attached hydrogen (secondary N) is 1. The molecule has 0 atom stereocenters. The van der Waals surface area contributed by atoms with Gasteiger partial charge < -0.3 is 20.8 Å². The molecule has 0 aliphatic carbocycles. The van der Waals surface area contributed by atoms with Gasteiger partial charge in [-0.3, -0.25) is 0 Å². The van der Waals surface area contributed by atoms with Crippen LogP contribution in [0.5, 0.6) is 5.75 Å². The minimum Gasteiger partial charge on any atom is -0.495 e. The minimum absolute atomic E-state index is 0.194. The van der Waals surface area contributed by atoms with Gasteiger partial charge in [0.15, 0.2) is 11.6 Å². The third kappa shape index (κ3) is 2.86. The zero-order valence-corrected chi connectivity index (χ0v) is 11.1. The van der Waals surface area contributed by atoms with Gasteiger partial charge in [-0.1, -0.05) is 0 Å². The molecule has 0 saturated heterocycles. The van der Waals surface area contributed by atoms with E-state index in [-0.39, 0.29) is 11.8 Å². The van der Waals surface area contributed by atoms with E-state index >= 15 is 0 Å². The number of rotatable bonds is 4. The summed E-state index contributed by atoms with van der Waals surface area (Å²) in [5.41, 5.74) is 6.73. The van der Waals surface area contributed by atoms with E-state index in [0.29, 0.717) is 17.1 Å². The number of methoxy groups -OCH3 is 1. The molecule has 1 aromatic carbocycles. The van der Waals surface area contributed by atoms with Crippen molar-refractivity contribution in [2.75, 3.05) is 30.2 Å². The fraction of sp³-hybridized carbons (Fsp3) is 0.167. The average molecular weight is 278 g/mol. The van der Waals surface area contributed by atoms with Gasteiger partial charge >= 0.3 is 0 Å². The number of hydrazine groups is 1. The van der Waals surface area contributed by atoms with Crippen molar-refractivity contribution >= 4 is 23.1 Å². The molecular formula is C12H15FN6O. The van der Waals surface area contributed by atoms with E-state index in [1.807, 2.05) is 0 Å². The molecule has 0 aliphatic heterocycles. The fourth-order valence-electron chi connectivity index (χ4n) is 1.61. The third-order valence-corrected chi connectivity index (χ3v) is 2.59. The van der Waals surface area contributed by atoms with Gasteiger partial charge in [0.05, 0.1) is 19.0 Å². The van der Waals surface area contributed by atoms with Gasteiger partial charge in [-0.15, -0.1) is 0 Å². The van der Waals surface area contributed by atoms with Crippen molar-refractivity contribution in [1.82, 2.24) is 9.97 Å². The minimum atomic E-state index is -0.660. The van der Waals surface area contributed by atoms with Crippen LogP contribution in [0.4, 0.5) is 27.5 Å². The lowest BCUT2D eigenvalue weighted by Crippen LogP contribution is -2.25. The Morgan fingerprint density at radius 3 is 2.75 bits per heavy atom. The van der Waals surface area contributed by atoms with Gasteiger partial charge in [0.2, 0.25) is 5.95 Å². The van der Waals surface area contributed by atoms with Gasteiger partial charge in [-0.2, -0.15) is 4.98 Å². The number of nitrogens with two attached hydrogens (primary N) is 2. The van der Waals surface area contributed by atoms with Crippen molar-refractivity contribution in [2.45, 2.75) is 0 Å². The molecule has 2 rings (SSSR count). The van der Waals surface area contributed by atoms with E-state index in [1.165, 1.54) is 5.01 Å². The maximum atomic E-state index is 13.0. The summed E-state index contributed by atoms with van der Waals surface area (Å²) in [4.78, 5) is 7.59. The van der Waals surface area contributed by atoms with Crippen LogP contribution in [0.1, 0.15) is 0 Å². The molecule has 7 nitrogen and oxygen atoms in total. The SMILES string of the molecule is COc1ccc(Nc2ncc(F)c(N)n2)cc1N(C)N. The van der Waals surface area contributed by atoms with Gasteiger partial charge in [0.1, 0.15) is 5.75 Å². The molecule has 0 radical (unpaired) electrons. The number of halogens is 1. The van der Waals surface area contributed by atoms with E-state index in [9.17, 15) is 4.39 Å².